The van der Waals surface area contributed by atoms with Crippen molar-refractivity contribution in [1.29, 1.82) is 0 Å². The number of carbonyl (C=O) groups excluding carboxylic acids is 3. The zero-order valence-corrected chi connectivity index (χ0v) is 20.8. The molecule has 3 rings (SSSR count). The van der Waals surface area contributed by atoms with Gasteiger partial charge in [0.1, 0.15) is 0 Å². The molecule has 0 atom stereocenters. The third-order valence-corrected chi connectivity index (χ3v) is 6.15. The minimum atomic E-state index is -0.504. The molecule has 0 aliphatic carbocycles. The Hall–Kier alpha value is -3.19. The van der Waals surface area contributed by atoms with Crippen molar-refractivity contribution < 1.29 is 19.1 Å². The van der Waals surface area contributed by atoms with Crippen LogP contribution in [0.3, 0.4) is 0 Å². The number of nitrogens with zero attached hydrogens (tertiary/aromatic N) is 2. The molecule has 1 saturated heterocycles. The fourth-order valence-corrected chi connectivity index (χ4v) is 3.96. The number of aryl methyl sites for hydroxylation is 2. The minimum Gasteiger partial charge on any atom is -0.452 e. The molecule has 0 bridgehead atoms. The van der Waals surface area contributed by atoms with E-state index in [2.05, 4.69) is 26.1 Å². The van der Waals surface area contributed by atoms with Gasteiger partial charge in [-0.1, -0.05) is 51.1 Å². The number of carbonyl (C=O) groups is 3. The van der Waals surface area contributed by atoms with E-state index in [9.17, 15) is 14.4 Å². The van der Waals surface area contributed by atoms with Crippen molar-refractivity contribution in [2.75, 3.05) is 44.6 Å². The lowest BCUT2D eigenvalue weighted by molar-refractivity contribution is -0.136. The van der Waals surface area contributed by atoms with Crippen LogP contribution in [-0.2, 0) is 19.7 Å². The summed E-state index contributed by atoms with van der Waals surface area (Å²) in [6.07, 6.45) is 0. The van der Waals surface area contributed by atoms with Gasteiger partial charge in [-0.2, -0.15) is 0 Å². The fourth-order valence-electron chi connectivity index (χ4n) is 3.96. The number of hydrogen-bond donors (Lipinski definition) is 1. The van der Waals surface area contributed by atoms with Gasteiger partial charge in [-0.15, -0.1) is 0 Å². The molecule has 0 aromatic heterocycles. The predicted octanol–water partition coefficient (Wildman–Crippen LogP) is 3.54. The number of ether oxygens (including phenoxy) is 1. The Morgan fingerprint density at radius 3 is 2.06 bits per heavy atom. The first-order valence-corrected chi connectivity index (χ1v) is 11.7. The molecule has 0 unspecified atom stereocenters. The van der Waals surface area contributed by atoms with Crippen LogP contribution in [0.1, 0.15) is 47.8 Å². The minimum absolute atomic E-state index is 0.000648. The Labute approximate surface area is 202 Å². The van der Waals surface area contributed by atoms with Crippen LogP contribution >= 0.6 is 0 Å². The van der Waals surface area contributed by atoms with Gasteiger partial charge in [-0.05, 0) is 48.1 Å². The number of anilines is 1. The molecule has 1 N–H and O–H groups in total. The summed E-state index contributed by atoms with van der Waals surface area (Å²) in [6, 6.07) is 13.2. The molecular formula is C27H35N3O4. The van der Waals surface area contributed by atoms with Crippen LogP contribution in [0.15, 0.2) is 42.5 Å². The number of hydrogen-bond acceptors (Lipinski definition) is 5. The van der Waals surface area contributed by atoms with Crippen LogP contribution in [0, 0.1) is 13.8 Å². The molecule has 182 valence electrons. The molecule has 1 aliphatic heterocycles. The number of esters is 1. The van der Waals surface area contributed by atoms with Crippen molar-refractivity contribution in [3.05, 3.63) is 64.7 Å². The van der Waals surface area contributed by atoms with E-state index in [1.165, 1.54) is 0 Å². The molecule has 0 radical (unpaired) electrons. The molecule has 0 spiro atoms. The summed E-state index contributed by atoms with van der Waals surface area (Å²) in [6.45, 7) is 12.4. The number of nitrogens with one attached hydrogen (secondary N) is 1. The van der Waals surface area contributed by atoms with E-state index in [1.807, 2.05) is 49.1 Å². The van der Waals surface area contributed by atoms with Gasteiger partial charge >= 0.3 is 5.97 Å². The van der Waals surface area contributed by atoms with Crippen molar-refractivity contribution in [3.8, 4) is 0 Å². The molecular weight excluding hydrogens is 430 g/mol. The number of amides is 2. The van der Waals surface area contributed by atoms with Gasteiger partial charge in [-0.25, -0.2) is 4.79 Å². The first kappa shape index (κ1) is 25.4. The second-order valence-corrected chi connectivity index (χ2v) is 9.88. The van der Waals surface area contributed by atoms with Crippen LogP contribution in [0.25, 0.3) is 0 Å². The molecule has 2 amide bonds. The summed E-state index contributed by atoms with van der Waals surface area (Å²) >= 11 is 0. The maximum absolute atomic E-state index is 12.5. The Balaban J connectivity index is 1.42. The first-order valence-electron chi connectivity index (χ1n) is 11.7. The van der Waals surface area contributed by atoms with Crippen molar-refractivity contribution in [1.82, 2.24) is 9.80 Å². The molecule has 7 nitrogen and oxygen atoms in total. The Morgan fingerprint density at radius 1 is 0.912 bits per heavy atom. The zero-order chi connectivity index (χ0) is 24.9. The van der Waals surface area contributed by atoms with Gasteiger partial charge in [0.05, 0.1) is 12.1 Å². The predicted molar refractivity (Wildman–Crippen MR) is 133 cm³/mol. The standard InChI is InChI=1S/C27H35N3O4/c1-19-7-6-8-20(2)25(19)28-23(31)17-29-13-15-30(16-14-29)24(32)18-34-26(33)21-9-11-22(12-10-21)27(3,4)5/h6-12H,13-18H2,1-5H3,(H,28,31). The quantitative estimate of drug-likeness (QED) is 0.660. The highest BCUT2D eigenvalue weighted by atomic mass is 16.5. The zero-order valence-electron chi connectivity index (χ0n) is 20.8. The normalized spacial score (nSPS) is 14.6. The van der Waals surface area contributed by atoms with E-state index in [-0.39, 0.29) is 30.4 Å². The Morgan fingerprint density at radius 2 is 1.50 bits per heavy atom. The van der Waals surface area contributed by atoms with Crippen molar-refractivity contribution in [3.63, 3.8) is 0 Å². The summed E-state index contributed by atoms with van der Waals surface area (Å²) in [4.78, 5) is 41.0. The summed E-state index contributed by atoms with van der Waals surface area (Å²) in [5, 5.41) is 3.00. The third-order valence-electron chi connectivity index (χ3n) is 6.15. The van der Waals surface area contributed by atoms with E-state index in [0.717, 1.165) is 22.4 Å². The highest BCUT2D eigenvalue weighted by Crippen LogP contribution is 2.22. The lowest BCUT2D eigenvalue weighted by atomic mass is 9.87. The third kappa shape index (κ3) is 6.67. The van der Waals surface area contributed by atoms with E-state index >= 15 is 0 Å². The van der Waals surface area contributed by atoms with E-state index in [0.29, 0.717) is 31.7 Å². The van der Waals surface area contributed by atoms with Gasteiger partial charge in [0.2, 0.25) is 5.91 Å². The summed E-state index contributed by atoms with van der Waals surface area (Å²) in [5.41, 5.74) is 4.48. The van der Waals surface area contributed by atoms with Crippen LogP contribution in [0.4, 0.5) is 5.69 Å². The smallest absolute Gasteiger partial charge is 0.338 e. The average Bonchev–Trinajstić information content (AvgIpc) is 2.80. The van der Waals surface area contributed by atoms with Gasteiger partial charge in [0.15, 0.2) is 6.61 Å². The second kappa shape index (κ2) is 10.8. The van der Waals surface area contributed by atoms with Crippen LogP contribution in [-0.4, -0.2) is 66.9 Å². The molecule has 1 aliphatic rings. The topological polar surface area (TPSA) is 79.0 Å². The summed E-state index contributed by atoms with van der Waals surface area (Å²) in [7, 11) is 0. The van der Waals surface area contributed by atoms with Gasteiger partial charge in [0, 0.05) is 31.9 Å². The second-order valence-electron chi connectivity index (χ2n) is 9.88. The van der Waals surface area contributed by atoms with Gasteiger partial charge in [0.25, 0.3) is 5.91 Å². The van der Waals surface area contributed by atoms with Gasteiger partial charge < -0.3 is 15.0 Å². The molecule has 0 saturated carbocycles. The summed E-state index contributed by atoms with van der Waals surface area (Å²) < 4.78 is 5.24. The SMILES string of the molecule is Cc1cccc(C)c1NC(=O)CN1CCN(C(=O)COC(=O)c2ccc(C(C)(C)C)cc2)CC1. The van der Waals surface area contributed by atoms with Crippen molar-refractivity contribution >= 4 is 23.5 Å². The fraction of sp³-hybridized carbons (Fsp3) is 0.444. The van der Waals surface area contributed by atoms with E-state index < -0.39 is 5.97 Å². The van der Waals surface area contributed by atoms with Crippen LogP contribution < -0.4 is 5.32 Å². The lowest BCUT2D eigenvalue weighted by Crippen LogP contribution is -2.51. The van der Waals surface area contributed by atoms with Gasteiger partial charge in [-0.3, -0.25) is 14.5 Å². The average molecular weight is 466 g/mol. The van der Waals surface area contributed by atoms with Crippen LogP contribution in [0.2, 0.25) is 0 Å². The Kier molecular flexibility index (Phi) is 8.10. The maximum Gasteiger partial charge on any atom is 0.338 e. The molecule has 2 aromatic carbocycles. The van der Waals surface area contributed by atoms with E-state index in [1.54, 1.807) is 17.0 Å². The van der Waals surface area contributed by atoms with Crippen molar-refractivity contribution in [2.24, 2.45) is 0 Å². The molecule has 1 heterocycles. The molecule has 34 heavy (non-hydrogen) atoms. The molecule has 1 fully saturated rings. The number of benzene rings is 2. The molecule has 2 aromatic rings. The molecule has 7 heteroatoms. The van der Waals surface area contributed by atoms with Crippen LogP contribution in [0.5, 0.6) is 0 Å². The monoisotopic (exact) mass is 465 g/mol. The number of para-hydroxylation sites is 1. The first-order chi connectivity index (χ1) is 16.0. The highest BCUT2D eigenvalue weighted by molar-refractivity contribution is 5.94. The Bertz CT molecular complexity index is 1010. The van der Waals surface area contributed by atoms with Crippen molar-refractivity contribution in [2.45, 2.75) is 40.0 Å². The van der Waals surface area contributed by atoms with E-state index in [4.69, 9.17) is 4.74 Å². The number of rotatable bonds is 6. The largest absolute Gasteiger partial charge is 0.452 e. The number of piperazine rings is 1. The summed E-state index contributed by atoms with van der Waals surface area (Å²) in [5.74, 6) is -0.793. The lowest BCUT2D eigenvalue weighted by Gasteiger charge is -2.34. The maximum atomic E-state index is 12.5. The highest BCUT2D eigenvalue weighted by Gasteiger charge is 2.24.